The summed E-state index contributed by atoms with van der Waals surface area (Å²) in [5, 5.41) is 15.6. The van der Waals surface area contributed by atoms with E-state index in [1.165, 1.54) is 16.4 Å². The van der Waals surface area contributed by atoms with Crippen LogP contribution in [-0.4, -0.2) is 21.4 Å². The van der Waals surface area contributed by atoms with E-state index in [1.807, 2.05) is 36.4 Å². The molecule has 1 amide bonds. The number of hydrogen-bond acceptors (Lipinski definition) is 4. The van der Waals surface area contributed by atoms with Gasteiger partial charge in [0.25, 0.3) is 0 Å². The SMILES string of the molecule is Cn1cc(C#N)c(NC(=O)CSc2ccccc2)n1. The number of nitriles is 1. The van der Waals surface area contributed by atoms with Crippen LogP contribution in [0.1, 0.15) is 5.56 Å². The Morgan fingerprint density at radius 1 is 1.47 bits per heavy atom. The number of carbonyl (C=O) groups excluding carboxylic acids is 1. The zero-order chi connectivity index (χ0) is 13.7. The number of hydrogen-bond donors (Lipinski definition) is 1. The Morgan fingerprint density at radius 2 is 2.21 bits per heavy atom. The van der Waals surface area contributed by atoms with Crippen molar-refractivity contribution in [1.29, 1.82) is 5.26 Å². The van der Waals surface area contributed by atoms with Gasteiger partial charge in [0.05, 0.1) is 5.75 Å². The lowest BCUT2D eigenvalue weighted by molar-refractivity contribution is -0.113. The minimum atomic E-state index is -0.177. The molecule has 0 saturated carbocycles. The second-order valence-corrected chi connectivity index (χ2v) is 4.88. The van der Waals surface area contributed by atoms with E-state index in [0.29, 0.717) is 11.4 Å². The van der Waals surface area contributed by atoms with Crippen LogP contribution in [0.2, 0.25) is 0 Å². The third-order valence-corrected chi connectivity index (χ3v) is 3.33. The number of thioether (sulfide) groups is 1. The van der Waals surface area contributed by atoms with Gasteiger partial charge in [0.1, 0.15) is 11.6 Å². The fourth-order valence-corrected chi connectivity index (χ4v) is 2.22. The van der Waals surface area contributed by atoms with E-state index in [2.05, 4.69) is 10.4 Å². The van der Waals surface area contributed by atoms with E-state index in [0.717, 1.165) is 4.90 Å². The van der Waals surface area contributed by atoms with Crippen molar-refractivity contribution >= 4 is 23.5 Å². The molecule has 1 aromatic heterocycles. The van der Waals surface area contributed by atoms with Crippen molar-refractivity contribution in [2.75, 3.05) is 11.1 Å². The molecule has 5 nitrogen and oxygen atoms in total. The molecule has 0 unspecified atom stereocenters. The van der Waals surface area contributed by atoms with Gasteiger partial charge in [0.2, 0.25) is 5.91 Å². The molecule has 0 aliphatic rings. The van der Waals surface area contributed by atoms with Gasteiger partial charge in [-0.1, -0.05) is 18.2 Å². The molecular weight excluding hydrogens is 260 g/mol. The van der Waals surface area contributed by atoms with Crippen molar-refractivity contribution < 1.29 is 4.79 Å². The maximum atomic E-state index is 11.8. The predicted octanol–water partition coefficient (Wildman–Crippen LogP) is 2.02. The van der Waals surface area contributed by atoms with Crippen LogP contribution in [0.4, 0.5) is 5.82 Å². The monoisotopic (exact) mass is 272 g/mol. The molecule has 1 heterocycles. The first kappa shape index (κ1) is 13.2. The first-order valence-electron chi connectivity index (χ1n) is 5.60. The zero-order valence-electron chi connectivity index (χ0n) is 10.3. The third kappa shape index (κ3) is 3.60. The standard InChI is InChI=1S/C13H12N4OS/c1-17-8-10(7-14)13(16-17)15-12(18)9-19-11-5-3-2-4-6-11/h2-6,8H,9H2,1H3,(H,15,16,18). The number of carbonyl (C=O) groups is 1. The Kier molecular flexibility index (Phi) is 4.21. The van der Waals surface area contributed by atoms with Gasteiger partial charge in [0.15, 0.2) is 5.82 Å². The molecule has 96 valence electrons. The van der Waals surface area contributed by atoms with Crippen molar-refractivity contribution in [1.82, 2.24) is 9.78 Å². The third-order valence-electron chi connectivity index (χ3n) is 2.32. The minimum Gasteiger partial charge on any atom is -0.307 e. The Morgan fingerprint density at radius 3 is 2.89 bits per heavy atom. The van der Waals surface area contributed by atoms with Crippen molar-refractivity contribution in [2.24, 2.45) is 7.05 Å². The van der Waals surface area contributed by atoms with Gasteiger partial charge in [-0.3, -0.25) is 9.48 Å². The van der Waals surface area contributed by atoms with Crippen LogP contribution in [0.3, 0.4) is 0 Å². The molecule has 0 bridgehead atoms. The van der Waals surface area contributed by atoms with E-state index < -0.39 is 0 Å². The lowest BCUT2D eigenvalue weighted by Crippen LogP contribution is -2.15. The van der Waals surface area contributed by atoms with Crippen LogP contribution in [0.15, 0.2) is 41.4 Å². The zero-order valence-corrected chi connectivity index (χ0v) is 11.1. The number of benzene rings is 1. The maximum Gasteiger partial charge on any atom is 0.235 e. The summed E-state index contributed by atoms with van der Waals surface area (Å²) in [5.74, 6) is 0.415. The summed E-state index contributed by atoms with van der Waals surface area (Å²) < 4.78 is 1.50. The highest BCUT2D eigenvalue weighted by Crippen LogP contribution is 2.17. The van der Waals surface area contributed by atoms with Crippen LogP contribution < -0.4 is 5.32 Å². The van der Waals surface area contributed by atoms with Gasteiger partial charge in [-0.15, -0.1) is 11.8 Å². The molecule has 2 rings (SSSR count). The van der Waals surface area contributed by atoms with Gasteiger partial charge in [-0.25, -0.2) is 0 Å². The van der Waals surface area contributed by atoms with E-state index in [-0.39, 0.29) is 11.7 Å². The lowest BCUT2D eigenvalue weighted by atomic mass is 10.3. The predicted molar refractivity (Wildman–Crippen MR) is 73.7 cm³/mol. The second kappa shape index (κ2) is 6.07. The molecule has 0 saturated heterocycles. The molecule has 2 aromatic rings. The summed E-state index contributed by atoms with van der Waals surface area (Å²) in [6, 6.07) is 11.7. The normalized spacial score (nSPS) is 9.89. The Labute approximate surface area is 115 Å². The van der Waals surface area contributed by atoms with E-state index in [9.17, 15) is 4.79 Å². The number of nitrogens with zero attached hydrogens (tertiary/aromatic N) is 3. The Balaban J connectivity index is 1.93. The number of rotatable bonds is 4. The Hall–Kier alpha value is -2.26. The largest absolute Gasteiger partial charge is 0.307 e. The number of aryl methyl sites for hydroxylation is 1. The highest BCUT2D eigenvalue weighted by Gasteiger charge is 2.10. The number of aromatic nitrogens is 2. The van der Waals surface area contributed by atoms with Gasteiger partial charge < -0.3 is 5.32 Å². The molecule has 19 heavy (non-hydrogen) atoms. The summed E-state index contributed by atoms with van der Waals surface area (Å²) in [5.41, 5.74) is 0.362. The molecule has 0 spiro atoms. The molecule has 0 aliphatic carbocycles. The van der Waals surface area contributed by atoms with Crippen molar-refractivity contribution in [3.8, 4) is 6.07 Å². The fourth-order valence-electron chi connectivity index (χ4n) is 1.50. The fraction of sp³-hybridized carbons (Fsp3) is 0.154. The Bertz CT molecular complexity index is 615. The van der Waals surface area contributed by atoms with Crippen molar-refractivity contribution in [2.45, 2.75) is 4.90 Å². The molecule has 0 aliphatic heterocycles. The quantitative estimate of drug-likeness (QED) is 0.864. The lowest BCUT2D eigenvalue weighted by Gasteiger charge is -2.02. The van der Waals surface area contributed by atoms with Gasteiger partial charge >= 0.3 is 0 Å². The number of amides is 1. The summed E-state index contributed by atoms with van der Waals surface area (Å²) in [4.78, 5) is 12.8. The number of nitrogens with one attached hydrogen (secondary N) is 1. The van der Waals surface area contributed by atoms with Crippen LogP contribution in [0, 0.1) is 11.3 Å². The molecule has 0 fully saturated rings. The average molecular weight is 272 g/mol. The van der Waals surface area contributed by atoms with Gasteiger partial charge in [-0.05, 0) is 12.1 Å². The molecule has 6 heteroatoms. The molecular formula is C13H12N4OS. The van der Waals surface area contributed by atoms with Crippen LogP contribution in [0.25, 0.3) is 0 Å². The summed E-state index contributed by atoms with van der Waals surface area (Å²) in [7, 11) is 1.70. The van der Waals surface area contributed by atoms with Crippen LogP contribution >= 0.6 is 11.8 Å². The van der Waals surface area contributed by atoms with Crippen LogP contribution in [0.5, 0.6) is 0 Å². The van der Waals surface area contributed by atoms with E-state index in [1.54, 1.807) is 13.2 Å². The summed E-state index contributed by atoms with van der Waals surface area (Å²) >= 11 is 1.44. The molecule has 0 atom stereocenters. The highest BCUT2D eigenvalue weighted by molar-refractivity contribution is 8.00. The van der Waals surface area contributed by atoms with E-state index in [4.69, 9.17) is 5.26 Å². The highest BCUT2D eigenvalue weighted by atomic mass is 32.2. The molecule has 1 N–H and O–H groups in total. The van der Waals surface area contributed by atoms with Gasteiger partial charge in [-0.2, -0.15) is 10.4 Å². The van der Waals surface area contributed by atoms with Crippen molar-refractivity contribution in [3.63, 3.8) is 0 Å². The summed E-state index contributed by atoms with van der Waals surface area (Å²) in [6.45, 7) is 0. The average Bonchev–Trinajstić information content (AvgIpc) is 2.77. The smallest absolute Gasteiger partial charge is 0.235 e. The first-order chi connectivity index (χ1) is 9.19. The molecule has 1 aromatic carbocycles. The van der Waals surface area contributed by atoms with Gasteiger partial charge in [0, 0.05) is 18.1 Å². The van der Waals surface area contributed by atoms with Crippen LogP contribution in [-0.2, 0) is 11.8 Å². The number of anilines is 1. The summed E-state index contributed by atoms with van der Waals surface area (Å²) in [6.07, 6.45) is 1.57. The minimum absolute atomic E-state index is 0.177. The maximum absolute atomic E-state index is 11.8. The van der Waals surface area contributed by atoms with Crippen molar-refractivity contribution in [3.05, 3.63) is 42.1 Å². The first-order valence-corrected chi connectivity index (χ1v) is 6.59. The second-order valence-electron chi connectivity index (χ2n) is 3.83. The van der Waals surface area contributed by atoms with E-state index >= 15 is 0 Å². The molecule has 0 radical (unpaired) electrons. The topological polar surface area (TPSA) is 70.7 Å².